The van der Waals surface area contributed by atoms with E-state index >= 15 is 0 Å². The number of hydrogen-bond donors (Lipinski definition) is 1. The molecule has 1 aliphatic heterocycles. The van der Waals surface area contributed by atoms with Crippen LogP contribution in [0, 0.1) is 5.82 Å². The van der Waals surface area contributed by atoms with Gasteiger partial charge in [-0.2, -0.15) is 0 Å². The number of rotatable bonds is 3. The summed E-state index contributed by atoms with van der Waals surface area (Å²) in [5, 5.41) is 3.27. The molecule has 1 N–H and O–H groups in total. The molecule has 0 unspecified atom stereocenters. The van der Waals surface area contributed by atoms with E-state index in [0.717, 1.165) is 22.7 Å². The van der Waals surface area contributed by atoms with Gasteiger partial charge >= 0.3 is 0 Å². The standard InChI is InChI=1S/C14H11ClFNO2/c15-11-6-10(4-5-12(11)16)17-7-9-2-1-3-13-14(9)19-8-18-13/h1-6,17H,7-8H2. The van der Waals surface area contributed by atoms with Crippen molar-refractivity contribution in [1.29, 1.82) is 0 Å². The smallest absolute Gasteiger partial charge is 0.231 e. The molecule has 0 amide bonds. The van der Waals surface area contributed by atoms with E-state index in [9.17, 15) is 4.39 Å². The molecule has 5 heteroatoms. The molecule has 2 aromatic rings. The molecule has 3 rings (SSSR count). The van der Waals surface area contributed by atoms with Crippen LogP contribution in [0.15, 0.2) is 36.4 Å². The molecule has 0 saturated carbocycles. The summed E-state index contributed by atoms with van der Waals surface area (Å²) in [6.07, 6.45) is 0. The molecule has 0 aromatic heterocycles. The van der Waals surface area contributed by atoms with E-state index < -0.39 is 5.82 Å². The van der Waals surface area contributed by atoms with Crippen molar-refractivity contribution >= 4 is 17.3 Å². The minimum absolute atomic E-state index is 0.0999. The Labute approximate surface area is 114 Å². The van der Waals surface area contributed by atoms with Crippen molar-refractivity contribution in [2.24, 2.45) is 0 Å². The van der Waals surface area contributed by atoms with Crippen molar-refractivity contribution in [2.45, 2.75) is 6.54 Å². The van der Waals surface area contributed by atoms with Crippen molar-refractivity contribution in [3.63, 3.8) is 0 Å². The first kappa shape index (κ1) is 12.1. The molecule has 0 radical (unpaired) electrons. The van der Waals surface area contributed by atoms with Crippen LogP contribution in [-0.4, -0.2) is 6.79 Å². The molecule has 3 nitrogen and oxygen atoms in total. The fourth-order valence-electron chi connectivity index (χ4n) is 1.93. The average molecular weight is 280 g/mol. The maximum absolute atomic E-state index is 13.0. The summed E-state index contributed by atoms with van der Waals surface area (Å²) in [5.74, 6) is 1.07. The Hall–Kier alpha value is -1.94. The third-order valence-electron chi connectivity index (χ3n) is 2.88. The van der Waals surface area contributed by atoms with Gasteiger partial charge in [-0.25, -0.2) is 4.39 Å². The first-order chi connectivity index (χ1) is 9.24. The zero-order valence-corrected chi connectivity index (χ0v) is 10.7. The number of hydrogen-bond acceptors (Lipinski definition) is 3. The molecule has 98 valence electrons. The van der Waals surface area contributed by atoms with E-state index in [-0.39, 0.29) is 11.8 Å². The molecule has 2 aromatic carbocycles. The van der Waals surface area contributed by atoms with Crippen molar-refractivity contribution in [2.75, 3.05) is 12.1 Å². The van der Waals surface area contributed by atoms with Crippen molar-refractivity contribution in [3.05, 3.63) is 52.8 Å². The topological polar surface area (TPSA) is 30.5 Å². The SMILES string of the molecule is Fc1ccc(NCc2cccc3c2OCO3)cc1Cl. The lowest BCUT2D eigenvalue weighted by molar-refractivity contribution is 0.173. The van der Waals surface area contributed by atoms with Crippen LogP contribution in [0.25, 0.3) is 0 Å². The largest absolute Gasteiger partial charge is 0.454 e. The van der Waals surface area contributed by atoms with Gasteiger partial charge in [-0.1, -0.05) is 23.7 Å². The Kier molecular flexibility index (Phi) is 3.17. The molecule has 0 spiro atoms. The summed E-state index contributed by atoms with van der Waals surface area (Å²) in [4.78, 5) is 0. The Morgan fingerprint density at radius 3 is 2.95 bits per heavy atom. The summed E-state index contributed by atoms with van der Waals surface area (Å²) in [5.41, 5.74) is 1.73. The second-order valence-corrected chi connectivity index (χ2v) is 4.54. The van der Waals surface area contributed by atoms with Crippen LogP contribution in [-0.2, 0) is 6.54 Å². The minimum Gasteiger partial charge on any atom is -0.454 e. The number of fused-ring (bicyclic) bond motifs is 1. The summed E-state index contributed by atoms with van der Waals surface area (Å²) in [6.45, 7) is 0.795. The van der Waals surface area contributed by atoms with Gasteiger partial charge in [0.1, 0.15) is 5.82 Å². The third-order valence-corrected chi connectivity index (χ3v) is 3.17. The van der Waals surface area contributed by atoms with Crippen molar-refractivity contribution in [1.82, 2.24) is 0 Å². The normalized spacial score (nSPS) is 12.5. The van der Waals surface area contributed by atoms with Gasteiger partial charge < -0.3 is 14.8 Å². The Balaban J connectivity index is 1.76. The zero-order chi connectivity index (χ0) is 13.2. The predicted molar refractivity (Wildman–Crippen MR) is 71.3 cm³/mol. The highest BCUT2D eigenvalue weighted by Crippen LogP contribution is 2.35. The second kappa shape index (κ2) is 4.97. The first-order valence-electron chi connectivity index (χ1n) is 5.80. The van der Waals surface area contributed by atoms with Crippen LogP contribution in [0.2, 0.25) is 5.02 Å². The van der Waals surface area contributed by atoms with Crippen LogP contribution in [0.4, 0.5) is 10.1 Å². The minimum atomic E-state index is -0.426. The molecule has 1 aliphatic rings. The van der Waals surface area contributed by atoms with Crippen molar-refractivity contribution < 1.29 is 13.9 Å². The fraction of sp³-hybridized carbons (Fsp3) is 0.143. The molecule has 0 aliphatic carbocycles. The van der Waals surface area contributed by atoms with Gasteiger partial charge in [0.25, 0.3) is 0 Å². The lowest BCUT2D eigenvalue weighted by atomic mass is 10.2. The number of anilines is 1. The van der Waals surface area contributed by atoms with Gasteiger partial charge in [-0.15, -0.1) is 0 Å². The maximum Gasteiger partial charge on any atom is 0.231 e. The second-order valence-electron chi connectivity index (χ2n) is 4.13. The maximum atomic E-state index is 13.0. The lowest BCUT2D eigenvalue weighted by Crippen LogP contribution is -2.01. The number of halogens is 2. The molecule has 0 saturated heterocycles. The fourth-order valence-corrected chi connectivity index (χ4v) is 2.11. The van der Waals surface area contributed by atoms with E-state index in [2.05, 4.69) is 5.32 Å². The van der Waals surface area contributed by atoms with E-state index in [1.54, 1.807) is 12.1 Å². The van der Waals surface area contributed by atoms with Crippen molar-refractivity contribution in [3.8, 4) is 11.5 Å². The average Bonchev–Trinajstić information content (AvgIpc) is 2.89. The van der Waals surface area contributed by atoms with Crippen LogP contribution >= 0.6 is 11.6 Å². The quantitative estimate of drug-likeness (QED) is 0.926. The molecular formula is C14H11ClFNO2. The molecule has 19 heavy (non-hydrogen) atoms. The Morgan fingerprint density at radius 1 is 1.21 bits per heavy atom. The van der Waals surface area contributed by atoms with Gasteiger partial charge in [0.15, 0.2) is 11.5 Å². The van der Waals surface area contributed by atoms with Gasteiger partial charge in [0, 0.05) is 17.8 Å². The summed E-state index contributed by atoms with van der Waals surface area (Å²) < 4.78 is 23.8. The highest BCUT2D eigenvalue weighted by atomic mass is 35.5. The van der Waals surface area contributed by atoms with Gasteiger partial charge in [0.05, 0.1) is 5.02 Å². The van der Waals surface area contributed by atoms with Gasteiger partial charge in [-0.05, 0) is 24.3 Å². The monoisotopic (exact) mass is 279 g/mol. The van der Waals surface area contributed by atoms with Gasteiger partial charge in [-0.3, -0.25) is 0 Å². The lowest BCUT2D eigenvalue weighted by Gasteiger charge is -2.09. The Morgan fingerprint density at radius 2 is 2.11 bits per heavy atom. The molecule has 1 heterocycles. The van der Waals surface area contributed by atoms with E-state index in [1.807, 2.05) is 18.2 Å². The van der Waals surface area contributed by atoms with Gasteiger partial charge in [0.2, 0.25) is 6.79 Å². The summed E-state index contributed by atoms with van der Waals surface area (Å²) in [7, 11) is 0. The number of benzene rings is 2. The van der Waals surface area contributed by atoms with Crippen LogP contribution < -0.4 is 14.8 Å². The highest BCUT2D eigenvalue weighted by molar-refractivity contribution is 6.31. The Bertz CT molecular complexity index is 618. The van der Waals surface area contributed by atoms with Crippen LogP contribution in [0.5, 0.6) is 11.5 Å². The highest BCUT2D eigenvalue weighted by Gasteiger charge is 2.16. The number of ether oxygens (including phenoxy) is 2. The van der Waals surface area contributed by atoms with E-state index in [1.165, 1.54) is 6.07 Å². The summed E-state index contributed by atoms with van der Waals surface area (Å²) >= 11 is 5.73. The first-order valence-corrected chi connectivity index (χ1v) is 6.18. The summed E-state index contributed by atoms with van der Waals surface area (Å²) in [6, 6.07) is 10.2. The van der Waals surface area contributed by atoms with Crippen LogP contribution in [0.1, 0.15) is 5.56 Å². The number of nitrogens with one attached hydrogen (secondary N) is 1. The zero-order valence-electron chi connectivity index (χ0n) is 9.95. The number of para-hydroxylation sites is 1. The van der Waals surface area contributed by atoms with E-state index in [4.69, 9.17) is 21.1 Å². The molecular weight excluding hydrogens is 269 g/mol. The molecule has 0 fully saturated rings. The molecule has 0 bridgehead atoms. The molecule has 0 atom stereocenters. The van der Waals surface area contributed by atoms with Crippen LogP contribution in [0.3, 0.4) is 0 Å². The third kappa shape index (κ3) is 2.44. The predicted octanol–water partition coefficient (Wildman–Crippen LogP) is 3.82. The van der Waals surface area contributed by atoms with E-state index in [0.29, 0.717) is 6.54 Å².